The first kappa shape index (κ1) is 18.9. The molecule has 5 rings (SSSR count). The molecule has 0 saturated heterocycles. The Hall–Kier alpha value is -4.11. The number of rotatable bonds is 4. The van der Waals surface area contributed by atoms with Crippen LogP contribution in [0.25, 0.3) is 38.8 Å². The van der Waals surface area contributed by atoms with Crippen LogP contribution in [0, 0.1) is 0 Å². The van der Waals surface area contributed by atoms with Crippen molar-refractivity contribution in [3.8, 4) is 33.8 Å². The molecule has 0 bridgehead atoms. The second kappa shape index (κ2) is 7.96. The van der Waals surface area contributed by atoms with Gasteiger partial charge in [0.25, 0.3) is 5.56 Å². The van der Waals surface area contributed by atoms with Crippen LogP contribution in [-0.2, 0) is 0 Å². The SMILES string of the molecule is COc1ccc(-n2c(-c3ccccc3)c(-c3ccccc3)c3ccccc3c2=O)cc1. The van der Waals surface area contributed by atoms with Crippen LogP contribution >= 0.6 is 0 Å². The summed E-state index contributed by atoms with van der Waals surface area (Å²) in [6.07, 6.45) is 0. The number of benzene rings is 4. The van der Waals surface area contributed by atoms with Crippen molar-refractivity contribution < 1.29 is 4.74 Å². The van der Waals surface area contributed by atoms with Crippen molar-refractivity contribution in [2.75, 3.05) is 7.11 Å². The number of ether oxygens (including phenoxy) is 1. The van der Waals surface area contributed by atoms with Gasteiger partial charge in [-0.15, -0.1) is 0 Å². The van der Waals surface area contributed by atoms with Crippen molar-refractivity contribution in [3.05, 3.63) is 120 Å². The summed E-state index contributed by atoms with van der Waals surface area (Å²) in [5, 5.41) is 1.64. The van der Waals surface area contributed by atoms with Gasteiger partial charge >= 0.3 is 0 Å². The van der Waals surface area contributed by atoms with E-state index in [1.165, 1.54) is 0 Å². The highest BCUT2D eigenvalue weighted by Gasteiger charge is 2.20. The Morgan fingerprint density at radius 2 is 1.16 bits per heavy atom. The van der Waals surface area contributed by atoms with Gasteiger partial charge < -0.3 is 4.74 Å². The van der Waals surface area contributed by atoms with Gasteiger partial charge in [-0.1, -0.05) is 78.9 Å². The van der Waals surface area contributed by atoms with E-state index in [1.54, 1.807) is 7.11 Å². The Kier molecular flexibility index (Phi) is 4.85. The van der Waals surface area contributed by atoms with Crippen LogP contribution in [0.5, 0.6) is 5.75 Å². The minimum absolute atomic E-state index is 0.0423. The molecule has 0 radical (unpaired) electrons. The molecule has 0 aliphatic rings. The van der Waals surface area contributed by atoms with Crippen molar-refractivity contribution in [2.24, 2.45) is 0 Å². The van der Waals surface area contributed by atoms with E-state index in [4.69, 9.17) is 4.74 Å². The molecule has 3 heteroatoms. The maximum Gasteiger partial charge on any atom is 0.263 e. The molecule has 0 aliphatic carbocycles. The third-order valence-corrected chi connectivity index (χ3v) is 5.53. The molecular formula is C28H21NO2. The predicted octanol–water partition coefficient (Wildman–Crippen LogP) is 6.33. The summed E-state index contributed by atoms with van der Waals surface area (Å²) >= 11 is 0. The fraction of sp³-hybridized carbons (Fsp3) is 0.0357. The first-order valence-electron chi connectivity index (χ1n) is 10.2. The smallest absolute Gasteiger partial charge is 0.263 e. The van der Waals surface area contributed by atoms with Crippen LogP contribution < -0.4 is 10.3 Å². The summed E-state index contributed by atoms with van der Waals surface area (Å²) in [6.45, 7) is 0. The highest BCUT2D eigenvalue weighted by molar-refractivity contribution is 6.03. The lowest BCUT2D eigenvalue weighted by Crippen LogP contribution is -2.21. The van der Waals surface area contributed by atoms with Crippen molar-refractivity contribution in [2.45, 2.75) is 0 Å². The van der Waals surface area contributed by atoms with Crippen molar-refractivity contribution in [3.63, 3.8) is 0 Å². The molecule has 1 aromatic heterocycles. The number of aromatic nitrogens is 1. The lowest BCUT2D eigenvalue weighted by molar-refractivity contribution is 0.414. The first-order valence-corrected chi connectivity index (χ1v) is 10.2. The summed E-state index contributed by atoms with van der Waals surface area (Å²) in [5.41, 5.74) is 4.73. The third-order valence-electron chi connectivity index (χ3n) is 5.53. The van der Waals surface area contributed by atoms with E-state index in [-0.39, 0.29) is 5.56 Å². The molecule has 0 saturated carbocycles. The molecule has 4 aromatic carbocycles. The first-order chi connectivity index (χ1) is 15.3. The lowest BCUT2D eigenvalue weighted by atomic mass is 9.93. The third kappa shape index (κ3) is 3.30. The average molecular weight is 403 g/mol. The van der Waals surface area contributed by atoms with Crippen molar-refractivity contribution in [1.29, 1.82) is 0 Å². The van der Waals surface area contributed by atoms with E-state index in [0.717, 1.165) is 39.2 Å². The summed E-state index contributed by atoms with van der Waals surface area (Å²) < 4.78 is 7.14. The molecule has 5 aromatic rings. The molecule has 0 unspecified atom stereocenters. The zero-order valence-electron chi connectivity index (χ0n) is 17.2. The number of pyridine rings is 1. The summed E-state index contributed by atoms with van der Waals surface area (Å²) in [6, 6.07) is 35.8. The summed E-state index contributed by atoms with van der Waals surface area (Å²) in [7, 11) is 1.64. The maximum absolute atomic E-state index is 13.8. The zero-order valence-corrected chi connectivity index (χ0v) is 17.2. The van der Waals surface area contributed by atoms with E-state index in [9.17, 15) is 4.79 Å². The average Bonchev–Trinajstić information content (AvgIpc) is 2.85. The molecule has 0 spiro atoms. The number of hydrogen-bond donors (Lipinski definition) is 0. The molecule has 0 aliphatic heterocycles. The molecule has 3 nitrogen and oxygen atoms in total. The lowest BCUT2D eigenvalue weighted by Gasteiger charge is -2.21. The van der Waals surface area contributed by atoms with Crippen LogP contribution in [0.4, 0.5) is 0 Å². The van der Waals surface area contributed by atoms with Gasteiger partial charge in [0.05, 0.1) is 12.8 Å². The molecule has 31 heavy (non-hydrogen) atoms. The summed E-state index contributed by atoms with van der Waals surface area (Å²) in [5.74, 6) is 0.752. The van der Waals surface area contributed by atoms with Gasteiger partial charge in [0.15, 0.2) is 0 Å². The normalized spacial score (nSPS) is 10.9. The van der Waals surface area contributed by atoms with Crippen molar-refractivity contribution in [1.82, 2.24) is 4.57 Å². The van der Waals surface area contributed by atoms with Crippen LogP contribution in [-0.4, -0.2) is 11.7 Å². The predicted molar refractivity (Wildman–Crippen MR) is 127 cm³/mol. The van der Waals surface area contributed by atoms with E-state index >= 15 is 0 Å². The van der Waals surface area contributed by atoms with Crippen LogP contribution in [0.1, 0.15) is 0 Å². The number of hydrogen-bond acceptors (Lipinski definition) is 2. The van der Waals surface area contributed by atoms with E-state index < -0.39 is 0 Å². The van der Waals surface area contributed by atoms with Gasteiger partial charge in [0, 0.05) is 16.6 Å². The second-order valence-electron chi connectivity index (χ2n) is 7.34. The van der Waals surface area contributed by atoms with Gasteiger partial charge in [-0.05, 0) is 46.8 Å². The number of methoxy groups -OCH3 is 1. The molecule has 0 fully saturated rings. The van der Waals surface area contributed by atoms with Crippen LogP contribution in [0.2, 0.25) is 0 Å². The zero-order chi connectivity index (χ0) is 21.2. The van der Waals surface area contributed by atoms with Crippen LogP contribution in [0.15, 0.2) is 114 Å². The highest BCUT2D eigenvalue weighted by Crippen LogP contribution is 2.38. The second-order valence-corrected chi connectivity index (χ2v) is 7.34. The Morgan fingerprint density at radius 1 is 0.613 bits per heavy atom. The molecule has 1 heterocycles. The van der Waals surface area contributed by atoms with Gasteiger partial charge in [-0.3, -0.25) is 9.36 Å². The van der Waals surface area contributed by atoms with Gasteiger partial charge in [-0.25, -0.2) is 0 Å². The highest BCUT2D eigenvalue weighted by atomic mass is 16.5. The topological polar surface area (TPSA) is 31.2 Å². The summed E-state index contributed by atoms with van der Waals surface area (Å²) in [4.78, 5) is 13.8. The molecule has 150 valence electrons. The van der Waals surface area contributed by atoms with Crippen molar-refractivity contribution >= 4 is 10.8 Å². The van der Waals surface area contributed by atoms with Crippen LogP contribution in [0.3, 0.4) is 0 Å². The number of nitrogens with zero attached hydrogens (tertiary/aromatic N) is 1. The Balaban J connectivity index is 1.98. The van der Waals surface area contributed by atoms with E-state index in [1.807, 2.05) is 89.5 Å². The molecular weight excluding hydrogens is 382 g/mol. The standard InChI is InChI=1S/C28H21NO2/c1-31-23-18-16-22(17-19-23)29-27(21-12-6-3-7-13-21)26(20-10-4-2-5-11-20)24-14-8-9-15-25(24)28(29)30/h2-19H,1H3. The van der Waals surface area contributed by atoms with Gasteiger partial charge in [0.2, 0.25) is 0 Å². The fourth-order valence-electron chi connectivity index (χ4n) is 4.09. The van der Waals surface area contributed by atoms with Gasteiger partial charge in [0.1, 0.15) is 5.75 Å². The Morgan fingerprint density at radius 3 is 1.77 bits per heavy atom. The molecule has 0 atom stereocenters. The number of fused-ring (bicyclic) bond motifs is 1. The quantitative estimate of drug-likeness (QED) is 0.351. The monoisotopic (exact) mass is 403 g/mol. The fourth-order valence-corrected chi connectivity index (χ4v) is 4.09. The maximum atomic E-state index is 13.8. The minimum Gasteiger partial charge on any atom is -0.497 e. The molecule has 0 amide bonds. The van der Waals surface area contributed by atoms with E-state index in [2.05, 4.69) is 24.3 Å². The molecule has 0 N–H and O–H groups in total. The Bertz CT molecular complexity index is 1400. The van der Waals surface area contributed by atoms with Gasteiger partial charge in [-0.2, -0.15) is 0 Å². The Labute approximate surface area is 180 Å². The minimum atomic E-state index is -0.0423. The largest absolute Gasteiger partial charge is 0.497 e. The van der Waals surface area contributed by atoms with E-state index in [0.29, 0.717) is 5.39 Å².